The van der Waals surface area contributed by atoms with Crippen molar-refractivity contribution in [2.24, 2.45) is 10.2 Å². The molecule has 1 heterocycles. The van der Waals surface area contributed by atoms with Crippen molar-refractivity contribution in [2.45, 2.75) is 6.42 Å². The van der Waals surface area contributed by atoms with E-state index in [2.05, 4.69) is 26.3 Å². The van der Waals surface area contributed by atoms with E-state index in [0.717, 1.165) is 29.0 Å². The molecular formula is C15H12N4O3S. The number of carbonyl (C=O) groups is 2. The van der Waals surface area contributed by atoms with Gasteiger partial charge in [-0.05, 0) is 29.0 Å². The molecule has 23 heavy (non-hydrogen) atoms. The third-order valence-corrected chi connectivity index (χ3v) is 3.59. The van der Waals surface area contributed by atoms with Crippen molar-refractivity contribution in [3.8, 4) is 6.07 Å². The zero-order valence-electron chi connectivity index (χ0n) is 12.1. The lowest BCUT2D eigenvalue weighted by atomic mass is 10.1. The number of benzene rings is 1. The average molecular weight is 328 g/mol. The van der Waals surface area contributed by atoms with Crippen LogP contribution in [0, 0.1) is 11.3 Å². The van der Waals surface area contributed by atoms with E-state index in [1.165, 1.54) is 13.3 Å². The highest BCUT2D eigenvalue weighted by molar-refractivity contribution is 8.18. The summed E-state index contributed by atoms with van der Waals surface area (Å²) in [6, 6.07) is 9.41. The highest BCUT2D eigenvalue weighted by atomic mass is 32.2. The van der Waals surface area contributed by atoms with Gasteiger partial charge in [-0.25, -0.2) is 4.79 Å². The molecule has 1 fully saturated rings. The molecule has 0 atom stereocenters. The number of thioether (sulfide) groups is 1. The Labute approximate surface area is 136 Å². The zero-order chi connectivity index (χ0) is 16.7. The van der Waals surface area contributed by atoms with Gasteiger partial charge < -0.3 is 4.74 Å². The summed E-state index contributed by atoms with van der Waals surface area (Å²) in [4.78, 5) is 22.9. The highest BCUT2D eigenvalue weighted by Crippen LogP contribution is 2.23. The van der Waals surface area contributed by atoms with Crippen molar-refractivity contribution in [1.82, 2.24) is 5.32 Å². The van der Waals surface area contributed by atoms with Crippen molar-refractivity contribution >= 4 is 35.0 Å². The van der Waals surface area contributed by atoms with Crippen LogP contribution in [0.2, 0.25) is 0 Å². The smallest absolute Gasteiger partial charge is 0.331 e. The Kier molecular flexibility index (Phi) is 5.66. The summed E-state index contributed by atoms with van der Waals surface area (Å²) in [5, 5.41) is 19.2. The number of amidine groups is 1. The second kappa shape index (κ2) is 7.91. The Morgan fingerprint density at radius 1 is 1.52 bits per heavy atom. The van der Waals surface area contributed by atoms with Crippen LogP contribution in [0.25, 0.3) is 0 Å². The molecule has 0 unspecified atom stereocenters. The van der Waals surface area contributed by atoms with E-state index in [1.54, 1.807) is 0 Å². The van der Waals surface area contributed by atoms with Gasteiger partial charge in [-0.1, -0.05) is 18.2 Å². The lowest BCUT2D eigenvalue weighted by Gasteiger charge is -1.95. The predicted octanol–water partition coefficient (Wildman–Crippen LogP) is 1.36. The van der Waals surface area contributed by atoms with Crippen molar-refractivity contribution in [1.29, 1.82) is 5.26 Å². The molecule has 2 rings (SSSR count). The van der Waals surface area contributed by atoms with Gasteiger partial charge in [0.15, 0.2) is 5.17 Å². The van der Waals surface area contributed by atoms with Crippen LogP contribution in [-0.4, -0.2) is 30.4 Å². The third-order valence-electron chi connectivity index (χ3n) is 2.69. The van der Waals surface area contributed by atoms with E-state index >= 15 is 0 Å². The summed E-state index contributed by atoms with van der Waals surface area (Å²) in [5.41, 5.74) is 1.68. The fourth-order valence-electron chi connectivity index (χ4n) is 1.66. The summed E-state index contributed by atoms with van der Waals surface area (Å²) in [6.07, 6.45) is 2.93. The van der Waals surface area contributed by atoms with E-state index in [-0.39, 0.29) is 10.1 Å². The highest BCUT2D eigenvalue weighted by Gasteiger charge is 2.24. The molecule has 0 aromatic heterocycles. The molecular weight excluding hydrogens is 316 g/mol. The molecule has 116 valence electrons. The quantitative estimate of drug-likeness (QED) is 0.389. The number of methoxy groups -OCH3 is 1. The first-order valence-electron chi connectivity index (χ1n) is 6.48. The Morgan fingerprint density at radius 2 is 2.35 bits per heavy atom. The van der Waals surface area contributed by atoms with Crippen LogP contribution in [0.5, 0.6) is 0 Å². The molecule has 1 aliphatic rings. The number of nitrogens with zero attached hydrogens (tertiary/aromatic N) is 3. The number of rotatable bonds is 4. The first-order chi connectivity index (χ1) is 11.1. The molecule has 1 aromatic carbocycles. The summed E-state index contributed by atoms with van der Waals surface area (Å²) in [6.45, 7) is 0. The number of amides is 1. The first-order valence-corrected chi connectivity index (χ1v) is 7.30. The molecule has 0 spiro atoms. The van der Waals surface area contributed by atoms with E-state index in [0.29, 0.717) is 6.42 Å². The van der Waals surface area contributed by atoms with Crippen LogP contribution in [0.1, 0.15) is 11.1 Å². The topological polar surface area (TPSA) is 104 Å². The summed E-state index contributed by atoms with van der Waals surface area (Å²) in [5.74, 6) is -1.04. The minimum absolute atomic E-state index is 0.196. The minimum atomic E-state index is -0.610. The number of nitriles is 1. The van der Waals surface area contributed by atoms with Gasteiger partial charge in [-0.2, -0.15) is 10.4 Å². The van der Waals surface area contributed by atoms with Crippen molar-refractivity contribution in [3.05, 3.63) is 46.4 Å². The van der Waals surface area contributed by atoms with Gasteiger partial charge in [0.25, 0.3) is 5.91 Å². The molecule has 1 aromatic rings. The minimum Gasteiger partial charge on any atom is -0.466 e. The first kappa shape index (κ1) is 16.5. The van der Waals surface area contributed by atoms with E-state index < -0.39 is 11.9 Å². The third kappa shape index (κ3) is 4.79. The van der Waals surface area contributed by atoms with Crippen molar-refractivity contribution in [3.63, 3.8) is 0 Å². The molecule has 8 heteroatoms. The zero-order valence-corrected chi connectivity index (χ0v) is 13.0. The molecule has 1 N–H and O–H groups in total. The molecule has 7 nitrogen and oxygen atoms in total. The second-order valence-corrected chi connectivity index (χ2v) is 5.35. The molecule has 0 aliphatic carbocycles. The number of ether oxygens (including phenoxy) is 1. The predicted molar refractivity (Wildman–Crippen MR) is 86.6 cm³/mol. The van der Waals surface area contributed by atoms with Crippen LogP contribution < -0.4 is 5.32 Å². The van der Waals surface area contributed by atoms with E-state index in [9.17, 15) is 9.59 Å². The normalized spacial score (nSPS) is 17.5. The largest absolute Gasteiger partial charge is 0.466 e. The van der Waals surface area contributed by atoms with Gasteiger partial charge in [0.2, 0.25) is 0 Å². The molecule has 0 saturated carbocycles. The number of nitrogens with one attached hydrogen (secondary N) is 1. The van der Waals surface area contributed by atoms with Gasteiger partial charge >= 0.3 is 5.97 Å². The summed E-state index contributed by atoms with van der Waals surface area (Å²) in [7, 11) is 1.23. The fourth-order valence-corrected chi connectivity index (χ4v) is 2.40. The summed E-state index contributed by atoms with van der Waals surface area (Å²) >= 11 is 1.00. The van der Waals surface area contributed by atoms with Crippen LogP contribution in [0.15, 0.2) is 45.4 Å². The number of hydrogen-bond acceptors (Lipinski definition) is 7. The van der Waals surface area contributed by atoms with Crippen LogP contribution in [-0.2, 0) is 20.7 Å². The van der Waals surface area contributed by atoms with Crippen LogP contribution in [0.3, 0.4) is 0 Å². The standard InChI is InChI=1S/C15H12N4O3S/c1-22-13(20)8-12-14(21)18-15(23-12)19-17-9-11-4-2-3-10(7-11)5-6-16/h2-4,7-9H,5H2,1H3,(H,18,19,21)/b12-8+,17-9?. The number of esters is 1. The maximum atomic E-state index is 11.6. The lowest BCUT2D eigenvalue weighted by molar-refractivity contribution is -0.135. The Hall–Kier alpha value is -2.92. The van der Waals surface area contributed by atoms with Crippen LogP contribution in [0.4, 0.5) is 0 Å². The maximum absolute atomic E-state index is 11.6. The van der Waals surface area contributed by atoms with Gasteiger partial charge in [0.05, 0.1) is 30.7 Å². The molecule has 1 aliphatic heterocycles. The Bertz CT molecular complexity index is 762. The molecule has 1 amide bonds. The fraction of sp³-hybridized carbons (Fsp3) is 0.133. The SMILES string of the molecule is COC(=O)/C=C1/S/C(=N\N=Cc2cccc(CC#N)c2)NC1=O. The van der Waals surface area contributed by atoms with E-state index in [1.807, 2.05) is 24.3 Å². The van der Waals surface area contributed by atoms with Gasteiger partial charge in [-0.3, -0.25) is 10.1 Å². The lowest BCUT2D eigenvalue weighted by Crippen LogP contribution is -2.19. The van der Waals surface area contributed by atoms with Gasteiger partial charge in [-0.15, -0.1) is 5.10 Å². The molecule has 0 radical (unpaired) electrons. The monoisotopic (exact) mass is 328 g/mol. The Balaban J connectivity index is 2.05. The molecule has 1 saturated heterocycles. The maximum Gasteiger partial charge on any atom is 0.331 e. The van der Waals surface area contributed by atoms with Gasteiger partial charge in [0, 0.05) is 6.08 Å². The Morgan fingerprint density at radius 3 is 3.09 bits per heavy atom. The van der Waals surface area contributed by atoms with Crippen LogP contribution >= 0.6 is 11.8 Å². The average Bonchev–Trinajstić information content (AvgIpc) is 2.88. The molecule has 0 bridgehead atoms. The number of hydrogen-bond donors (Lipinski definition) is 1. The number of carbonyl (C=O) groups excluding carboxylic acids is 2. The van der Waals surface area contributed by atoms with Crippen molar-refractivity contribution < 1.29 is 14.3 Å². The van der Waals surface area contributed by atoms with E-state index in [4.69, 9.17) is 5.26 Å². The van der Waals surface area contributed by atoms with Gasteiger partial charge in [0.1, 0.15) is 0 Å². The second-order valence-electron chi connectivity index (χ2n) is 4.32. The summed E-state index contributed by atoms with van der Waals surface area (Å²) < 4.78 is 4.46. The van der Waals surface area contributed by atoms with Crippen molar-refractivity contribution in [2.75, 3.05) is 7.11 Å².